The van der Waals surface area contributed by atoms with Crippen molar-refractivity contribution in [2.45, 2.75) is 19.4 Å². The molecule has 1 saturated heterocycles. The molecule has 0 bridgehead atoms. The summed E-state index contributed by atoms with van der Waals surface area (Å²) >= 11 is 6.62. The molecule has 6 nitrogen and oxygen atoms in total. The quantitative estimate of drug-likeness (QED) is 0.481. The molecule has 1 N–H and O–H groups in total. The summed E-state index contributed by atoms with van der Waals surface area (Å²) in [6.07, 6.45) is 1.63. The fourth-order valence-corrected chi connectivity index (χ4v) is 4.06. The number of amides is 1. The molecule has 1 aliphatic heterocycles. The van der Waals surface area contributed by atoms with E-state index in [1.165, 1.54) is 6.07 Å². The Hall–Kier alpha value is -2.10. The van der Waals surface area contributed by atoms with Crippen molar-refractivity contribution in [2.75, 3.05) is 18.4 Å². The second-order valence-corrected chi connectivity index (χ2v) is 9.04. The van der Waals surface area contributed by atoms with Crippen LogP contribution >= 0.6 is 31.9 Å². The van der Waals surface area contributed by atoms with Gasteiger partial charge in [0, 0.05) is 21.1 Å². The summed E-state index contributed by atoms with van der Waals surface area (Å²) in [7, 11) is 0. The van der Waals surface area contributed by atoms with E-state index in [0.29, 0.717) is 29.3 Å². The summed E-state index contributed by atoms with van der Waals surface area (Å²) in [5.74, 6) is 0.178. The summed E-state index contributed by atoms with van der Waals surface area (Å²) < 4.78 is 21.0. The molecule has 1 aliphatic rings. The summed E-state index contributed by atoms with van der Waals surface area (Å²) in [6.45, 7) is 1.87. The van der Waals surface area contributed by atoms with E-state index in [1.54, 1.807) is 12.1 Å². The van der Waals surface area contributed by atoms with E-state index < -0.39 is 5.82 Å². The number of anilines is 1. The van der Waals surface area contributed by atoms with Gasteiger partial charge in [-0.1, -0.05) is 37.0 Å². The van der Waals surface area contributed by atoms with E-state index in [9.17, 15) is 9.18 Å². The van der Waals surface area contributed by atoms with Crippen LogP contribution in [0.3, 0.4) is 0 Å². The minimum atomic E-state index is -0.461. The monoisotopic (exact) mass is 536 g/mol. The second kappa shape index (κ2) is 9.36. The van der Waals surface area contributed by atoms with Gasteiger partial charge < -0.3 is 9.84 Å². The Labute approximate surface area is 190 Å². The normalized spacial score (nSPS) is 17.1. The zero-order chi connectivity index (χ0) is 21.1. The number of hydrogen-bond acceptors (Lipinski definition) is 5. The number of nitrogens with one attached hydrogen (secondary N) is 1. The van der Waals surface area contributed by atoms with Gasteiger partial charge >= 0.3 is 0 Å². The molecule has 30 heavy (non-hydrogen) atoms. The molecule has 4 rings (SSSR count). The first-order chi connectivity index (χ1) is 14.5. The molecule has 156 valence electrons. The zero-order valence-corrected chi connectivity index (χ0v) is 19.1. The lowest BCUT2D eigenvalue weighted by atomic mass is 9.97. The number of hydrogen-bond donors (Lipinski definition) is 1. The average molecular weight is 538 g/mol. The van der Waals surface area contributed by atoms with Crippen LogP contribution in [0.25, 0.3) is 11.4 Å². The number of halogens is 3. The van der Waals surface area contributed by atoms with Crippen LogP contribution in [0.5, 0.6) is 0 Å². The number of piperidine rings is 1. The first-order valence-corrected chi connectivity index (χ1v) is 11.1. The molecule has 0 aliphatic carbocycles. The maximum atomic E-state index is 14.0. The zero-order valence-electron chi connectivity index (χ0n) is 15.9. The lowest BCUT2D eigenvalue weighted by Crippen LogP contribution is -2.40. The van der Waals surface area contributed by atoms with Gasteiger partial charge in [0.25, 0.3) is 0 Å². The Morgan fingerprint density at radius 1 is 1.20 bits per heavy atom. The highest BCUT2D eigenvalue weighted by molar-refractivity contribution is 9.10. The van der Waals surface area contributed by atoms with Crippen molar-refractivity contribution in [3.63, 3.8) is 0 Å². The van der Waals surface area contributed by atoms with Crippen molar-refractivity contribution in [2.24, 2.45) is 5.92 Å². The Morgan fingerprint density at radius 2 is 1.97 bits per heavy atom. The Morgan fingerprint density at radius 3 is 2.73 bits per heavy atom. The standard InChI is InChI=1S/C21H19Br2FN4O2/c22-15-5-3-13(4-6-15)20-26-19(30-27-20)12-28-9-1-2-14(11-28)21(29)25-18-8-7-16(23)10-17(18)24/h3-8,10,14H,1-2,9,11-12H2,(H,25,29). The smallest absolute Gasteiger partial charge is 0.241 e. The maximum Gasteiger partial charge on any atom is 0.241 e. The van der Waals surface area contributed by atoms with Crippen LogP contribution in [0, 0.1) is 11.7 Å². The van der Waals surface area contributed by atoms with Gasteiger partial charge in [0.05, 0.1) is 18.2 Å². The van der Waals surface area contributed by atoms with Gasteiger partial charge in [-0.15, -0.1) is 0 Å². The number of carbonyl (C=O) groups excluding carboxylic acids is 1. The number of aromatic nitrogens is 2. The van der Waals surface area contributed by atoms with Gasteiger partial charge in [-0.2, -0.15) is 4.98 Å². The van der Waals surface area contributed by atoms with Crippen LogP contribution in [0.2, 0.25) is 0 Å². The van der Waals surface area contributed by atoms with E-state index in [2.05, 4.69) is 52.2 Å². The third-order valence-electron chi connectivity index (χ3n) is 4.99. The molecule has 2 heterocycles. The van der Waals surface area contributed by atoms with Gasteiger partial charge in [0.2, 0.25) is 17.6 Å². The van der Waals surface area contributed by atoms with Crippen molar-refractivity contribution < 1.29 is 13.7 Å². The first kappa shape index (κ1) is 21.1. The molecule has 0 spiro atoms. The molecular formula is C21H19Br2FN4O2. The number of rotatable bonds is 5. The van der Waals surface area contributed by atoms with E-state index in [4.69, 9.17) is 4.52 Å². The third-order valence-corrected chi connectivity index (χ3v) is 6.02. The molecule has 9 heteroatoms. The van der Waals surface area contributed by atoms with Crippen molar-refractivity contribution in [3.8, 4) is 11.4 Å². The molecular weight excluding hydrogens is 519 g/mol. The number of carbonyl (C=O) groups is 1. The highest BCUT2D eigenvalue weighted by atomic mass is 79.9. The summed E-state index contributed by atoms with van der Waals surface area (Å²) in [4.78, 5) is 19.2. The summed E-state index contributed by atoms with van der Waals surface area (Å²) in [5, 5.41) is 6.76. The van der Waals surface area contributed by atoms with Gasteiger partial charge in [-0.3, -0.25) is 9.69 Å². The van der Waals surface area contributed by atoms with Gasteiger partial charge in [0.15, 0.2) is 0 Å². The Balaban J connectivity index is 1.37. The summed E-state index contributed by atoms with van der Waals surface area (Å²) in [5.41, 5.74) is 1.07. The van der Waals surface area contributed by atoms with Gasteiger partial charge in [0.1, 0.15) is 5.82 Å². The van der Waals surface area contributed by atoms with Crippen LogP contribution in [-0.4, -0.2) is 34.0 Å². The lowest BCUT2D eigenvalue weighted by Gasteiger charge is -2.30. The average Bonchev–Trinajstić information content (AvgIpc) is 3.19. The lowest BCUT2D eigenvalue weighted by molar-refractivity contribution is -0.121. The van der Waals surface area contributed by atoms with E-state index in [0.717, 1.165) is 29.4 Å². The highest BCUT2D eigenvalue weighted by Gasteiger charge is 2.27. The van der Waals surface area contributed by atoms with E-state index in [1.807, 2.05) is 24.3 Å². The van der Waals surface area contributed by atoms with Crippen LogP contribution in [0.1, 0.15) is 18.7 Å². The van der Waals surface area contributed by atoms with Gasteiger partial charge in [-0.25, -0.2) is 4.39 Å². The van der Waals surface area contributed by atoms with Crippen LogP contribution in [0.4, 0.5) is 10.1 Å². The molecule has 1 amide bonds. The van der Waals surface area contributed by atoms with Crippen LogP contribution in [-0.2, 0) is 11.3 Å². The number of benzene rings is 2. The summed E-state index contributed by atoms with van der Waals surface area (Å²) in [6, 6.07) is 12.3. The molecule has 3 aromatic rings. The number of likely N-dealkylation sites (tertiary alicyclic amines) is 1. The topological polar surface area (TPSA) is 71.3 Å². The van der Waals surface area contributed by atoms with Crippen molar-refractivity contribution >= 4 is 43.5 Å². The predicted molar refractivity (Wildman–Crippen MR) is 118 cm³/mol. The minimum absolute atomic E-state index is 0.179. The number of nitrogens with zero attached hydrogens (tertiary/aromatic N) is 3. The Bertz CT molecular complexity index is 1040. The molecule has 0 radical (unpaired) electrons. The maximum absolute atomic E-state index is 14.0. The first-order valence-electron chi connectivity index (χ1n) is 9.55. The molecule has 1 aromatic heterocycles. The largest absolute Gasteiger partial charge is 0.338 e. The molecule has 2 aromatic carbocycles. The van der Waals surface area contributed by atoms with Crippen LogP contribution in [0.15, 0.2) is 55.9 Å². The third kappa shape index (κ3) is 5.14. The highest BCUT2D eigenvalue weighted by Crippen LogP contribution is 2.24. The minimum Gasteiger partial charge on any atom is -0.338 e. The van der Waals surface area contributed by atoms with Crippen LogP contribution < -0.4 is 5.32 Å². The predicted octanol–water partition coefficient (Wildman–Crippen LogP) is 5.25. The van der Waals surface area contributed by atoms with Crippen molar-refractivity contribution in [3.05, 3.63) is 63.1 Å². The fourth-order valence-electron chi connectivity index (χ4n) is 3.47. The molecule has 1 atom stereocenters. The fraction of sp³-hybridized carbons (Fsp3) is 0.286. The van der Waals surface area contributed by atoms with Gasteiger partial charge in [-0.05, 0) is 61.9 Å². The molecule has 0 saturated carbocycles. The van der Waals surface area contributed by atoms with Crippen molar-refractivity contribution in [1.29, 1.82) is 0 Å². The molecule has 1 unspecified atom stereocenters. The van der Waals surface area contributed by atoms with E-state index >= 15 is 0 Å². The second-order valence-electron chi connectivity index (χ2n) is 7.21. The SMILES string of the molecule is O=C(Nc1ccc(Br)cc1F)C1CCCN(Cc2nc(-c3ccc(Br)cc3)no2)C1. The molecule has 1 fully saturated rings. The van der Waals surface area contributed by atoms with Crippen molar-refractivity contribution in [1.82, 2.24) is 15.0 Å². The Kier molecular flexibility index (Phi) is 6.60. The van der Waals surface area contributed by atoms with E-state index in [-0.39, 0.29) is 17.5 Å².